The summed E-state index contributed by atoms with van der Waals surface area (Å²) in [4.78, 5) is 2.20. The predicted molar refractivity (Wildman–Crippen MR) is 43.6 cm³/mol. The third kappa shape index (κ3) is 2.49. The van der Waals surface area contributed by atoms with Crippen LogP contribution in [0.4, 0.5) is 0 Å². The van der Waals surface area contributed by atoms with E-state index >= 15 is 0 Å². The first-order chi connectivity index (χ1) is 5.34. The average molecular weight is 153 g/mol. The number of rotatable bonds is 2. The summed E-state index contributed by atoms with van der Waals surface area (Å²) in [5.74, 6) is 0. The number of piperidine rings is 1. The Bertz CT molecular complexity index is 144. The molecular formula is C8H15N3. The Kier molecular flexibility index (Phi) is 3.34. The number of hydrogen-bond acceptors (Lipinski definition) is 3. The van der Waals surface area contributed by atoms with Gasteiger partial charge in [0.15, 0.2) is 0 Å². The number of nitrogens with zero attached hydrogens (tertiary/aromatic N) is 2. The maximum absolute atomic E-state index is 8.41. The van der Waals surface area contributed by atoms with Gasteiger partial charge in [0.2, 0.25) is 0 Å². The summed E-state index contributed by atoms with van der Waals surface area (Å²) in [5.41, 5.74) is 5.76. The summed E-state index contributed by atoms with van der Waals surface area (Å²) in [6.45, 7) is 2.14. The zero-order valence-electron chi connectivity index (χ0n) is 6.79. The van der Waals surface area contributed by atoms with E-state index in [0.29, 0.717) is 6.42 Å². The van der Waals surface area contributed by atoms with Crippen LogP contribution in [0.15, 0.2) is 0 Å². The van der Waals surface area contributed by atoms with Gasteiger partial charge < -0.3 is 5.73 Å². The highest BCUT2D eigenvalue weighted by molar-refractivity contribution is 4.80. The molecule has 62 valence electrons. The van der Waals surface area contributed by atoms with Gasteiger partial charge in [-0.05, 0) is 25.9 Å². The van der Waals surface area contributed by atoms with Gasteiger partial charge in [-0.25, -0.2) is 0 Å². The highest BCUT2D eigenvalue weighted by atomic mass is 15.2. The Morgan fingerprint density at radius 1 is 1.36 bits per heavy atom. The molecular weight excluding hydrogens is 138 g/mol. The maximum Gasteiger partial charge on any atom is 0.0705 e. The van der Waals surface area contributed by atoms with Crippen LogP contribution in [0.5, 0.6) is 0 Å². The molecule has 1 aliphatic heterocycles. The van der Waals surface area contributed by atoms with Crippen molar-refractivity contribution in [1.29, 1.82) is 5.26 Å². The van der Waals surface area contributed by atoms with Crippen LogP contribution in [-0.4, -0.2) is 24.2 Å². The average Bonchev–Trinajstić information content (AvgIpc) is 2.07. The lowest BCUT2D eigenvalue weighted by Crippen LogP contribution is -2.44. The highest BCUT2D eigenvalue weighted by Gasteiger charge is 2.15. The molecule has 1 atom stereocenters. The first-order valence-electron chi connectivity index (χ1n) is 4.21. The summed E-state index contributed by atoms with van der Waals surface area (Å²) in [7, 11) is 0. The van der Waals surface area contributed by atoms with Gasteiger partial charge in [0.25, 0.3) is 0 Å². The summed E-state index contributed by atoms with van der Waals surface area (Å²) < 4.78 is 0. The molecule has 11 heavy (non-hydrogen) atoms. The summed E-state index contributed by atoms with van der Waals surface area (Å²) in [5, 5.41) is 8.41. The fourth-order valence-corrected chi connectivity index (χ4v) is 1.47. The standard InChI is InChI=1S/C8H15N3/c9-5-4-8(10)11-6-2-1-3-7-11/h8H,1-4,6-7,10H2. The highest BCUT2D eigenvalue weighted by Crippen LogP contribution is 2.10. The number of nitriles is 1. The van der Waals surface area contributed by atoms with Gasteiger partial charge >= 0.3 is 0 Å². The minimum absolute atomic E-state index is 0.0275. The van der Waals surface area contributed by atoms with Crippen molar-refractivity contribution < 1.29 is 0 Å². The molecule has 0 aliphatic carbocycles. The zero-order valence-corrected chi connectivity index (χ0v) is 6.79. The molecule has 0 spiro atoms. The van der Waals surface area contributed by atoms with Crippen molar-refractivity contribution in [3.8, 4) is 6.07 Å². The van der Waals surface area contributed by atoms with Crippen molar-refractivity contribution in [3.05, 3.63) is 0 Å². The fourth-order valence-electron chi connectivity index (χ4n) is 1.47. The molecule has 3 nitrogen and oxygen atoms in total. The summed E-state index contributed by atoms with van der Waals surface area (Å²) in [6, 6.07) is 2.10. The second-order valence-electron chi connectivity index (χ2n) is 3.03. The molecule has 1 unspecified atom stereocenters. The molecule has 3 heteroatoms. The maximum atomic E-state index is 8.41. The largest absolute Gasteiger partial charge is 0.315 e. The lowest BCUT2D eigenvalue weighted by atomic mass is 10.1. The topological polar surface area (TPSA) is 53.1 Å². The van der Waals surface area contributed by atoms with Crippen LogP contribution in [0.2, 0.25) is 0 Å². The molecule has 0 bridgehead atoms. The lowest BCUT2D eigenvalue weighted by molar-refractivity contribution is 0.168. The van der Waals surface area contributed by atoms with Gasteiger partial charge in [-0.1, -0.05) is 6.42 Å². The summed E-state index contributed by atoms with van der Waals surface area (Å²) >= 11 is 0. The van der Waals surface area contributed by atoms with E-state index in [1.54, 1.807) is 0 Å². The molecule has 1 fully saturated rings. The third-order valence-corrected chi connectivity index (χ3v) is 2.16. The number of hydrogen-bond donors (Lipinski definition) is 1. The molecule has 1 saturated heterocycles. The van der Waals surface area contributed by atoms with Crippen molar-refractivity contribution >= 4 is 0 Å². The van der Waals surface area contributed by atoms with Crippen LogP contribution >= 0.6 is 0 Å². The van der Waals surface area contributed by atoms with Gasteiger partial charge in [-0.2, -0.15) is 5.26 Å². The van der Waals surface area contributed by atoms with Crippen LogP contribution < -0.4 is 5.73 Å². The molecule has 0 aromatic rings. The second kappa shape index (κ2) is 4.32. The van der Waals surface area contributed by atoms with Crippen molar-refractivity contribution in [1.82, 2.24) is 4.90 Å². The van der Waals surface area contributed by atoms with E-state index in [2.05, 4.69) is 11.0 Å². The molecule has 0 saturated carbocycles. The number of nitrogens with two attached hydrogens (primary N) is 1. The Balaban J connectivity index is 2.27. The Hall–Kier alpha value is -0.590. The van der Waals surface area contributed by atoms with Gasteiger partial charge in [-0.15, -0.1) is 0 Å². The minimum Gasteiger partial charge on any atom is -0.315 e. The molecule has 0 aromatic heterocycles. The van der Waals surface area contributed by atoms with E-state index in [1.165, 1.54) is 19.3 Å². The third-order valence-electron chi connectivity index (χ3n) is 2.16. The molecule has 1 heterocycles. The van der Waals surface area contributed by atoms with E-state index in [4.69, 9.17) is 11.0 Å². The first-order valence-corrected chi connectivity index (χ1v) is 4.21. The van der Waals surface area contributed by atoms with E-state index in [0.717, 1.165) is 13.1 Å². The normalized spacial score (nSPS) is 22.5. The molecule has 1 aliphatic rings. The molecule has 0 aromatic carbocycles. The zero-order chi connectivity index (χ0) is 8.10. The van der Waals surface area contributed by atoms with Gasteiger partial charge in [-0.3, -0.25) is 4.90 Å². The van der Waals surface area contributed by atoms with Gasteiger partial charge in [0, 0.05) is 0 Å². The van der Waals surface area contributed by atoms with Crippen LogP contribution in [0.1, 0.15) is 25.7 Å². The van der Waals surface area contributed by atoms with Crippen LogP contribution in [0, 0.1) is 11.3 Å². The van der Waals surface area contributed by atoms with E-state index < -0.39 is 0 Å². The lowest BCUT2D eigenvalue weighted by Gasteiger charge is -2.30. The van der Waals surface area contributed by atoms with E-state index in [-0.39, 0.29) is 6.17 Å². The van der Waals surface area contributed by atoms with Crippen molar-refractivity contribution in [3.63, 3.8) is 0 Å². The molecule has 0 radical (unpaired) electrons. The quantitative estimate of drug-likeness (QED) is 0.634. The van der Waals surface area contributed by atoms with Crippen molar-refractivity contribution in [2.24, 2.45) is 5.73 Å². The molecule has 1 rings (SSSR count). The van der Waals surface area contributed by atoms with Crippen LogP contribution in [-0.2, 0) is 0 Å². The smallest absolute Gasteiger partial charge is 0.0705 e. The predicted octanol–water partition coefficient (Wildman–Crippen LogP) is 0.671. The van der Waals surface area contributed by atoms with Crippen LogP contribution in [0.3, 0.4) is 0 Å². The molecule has 2 N–H and O–H groups in total. The Morgan fingerprint density at radius 2 is 2.00 bits per heavy atom. The fraction of sp³-hybridized carbons (Fsp3) is 0.875. The van der Waals surface area contributed by atoms with E-state index in [1.807, 2.05) is 0 Å². The van der Waals surface area contributed by atoms with Gasteiger partial charge in [0.1, 0.15) is 0 Å². The van der Waals surface area contributed by atoms with Gasteiger partial charge in [0.05, 0.1) is 18.7 Å². The first kappa shape index (κ1) is 8.51. The van der Waals surface area contributed by atoms with E-state index in [9.17, 15) is 0 Å². The summed E-state index contributed by atoms with van der Waals surface area (Å²) in [6.07, 6.45) is 4.22. The van der Waals surface area contributed by atoms with Crippen molar-refractivity contribution in [2.45, 2.75) is 31.8 Å². The molecule has 0 amide bonds. The monoisotopic (exact) mass is 153 g/mol. The number of likely N-dealkylation sites (tertiary alicyclic amines) is 1. The minimum atomic E-state index is -0.0275. The Morgan fingerprint density at radius 3 is 2.55 bits per heavy atom. The SMILES string of the molecule is N#CCC(N)N1CCCCC1. The van der Waals surface area contributed by atoms with Crippen LogP contribution in [0.25, 0.3) is 0 Å². The Labute approximate surface area is 67.8 Å². The van der Waals surface area contributed by atoms with Crippen molar-refractivity contribution in [2.75, 3.05) is 13.1 Å². The second-order valence-corrected chi connectivity index (χ2v) is 3.03.